The summed E-state index contributed by atoms with van der Waals surface area (Å²) < 4.78 is 16.5. The van der Waals surface area contributed by atoms with Gasteiger partial charge in [0.05, 0.1) is 6.61 Å². The van der Waals surface area contributed by atoms with E-state index in [2.05, 4.69) is 0 Å². The number of hydrogen-bond donors (Lipinski definition) is 0. The van der Waals surface area contributed by atoms with Crippen molar-refractivity contribution >= 4 is 11.8 Å². The Morgan fingerprint density at radius 3 is 1.47 bits per heavy atom. The predicted molar refractivity (Wildman–Crippen MR) is 113 cm³/mol. The van der Waals surface area contributed by atoms with Crippen LogP contribution < -0.4 is 14.2 Å². The van der Waals surface area contributed by atoms with E-state index in [-0.39, 0.29) is 25.0 Å². The van der Waals surface area contributed by atoms with Crippen molar-refractivity contribution in [3.63, 3.8) is 0 Å². The molecule has 0 atom stereocenters. The molecule has 2 amide bonds. The van der Waals surface area contributed by atoms with Crippen LogP contribution in [0.1, 0.15) is 12.5 Å². The van der Waals surface area contributed by atoms with Gasteiger partial charge in [0.1, 0.15) is 17.2 Å². The highest BCUT2D eigenvalue weighted by Gasteiger charge is 2.24. The summed E-state index contributed by atoms with van der Waals surface area (Å²) in [5, 5.41) is 0. The van der Waals surface area contributed by atoms with Crippen LogP contribution in [0.5, 0.6) is 17.2 Å². The Morgan fingerprint density at radius 1 is 0.700 bits per heavy atom. The molecular formula is C23H28N2O5. The van der Waals surface area contributed by atoms with Gasteiger partial charge in [0.2, 0.25) is 0 Å². The molecule has 0 unspecified atom stereocenters. The van der Waals surface area contributed by atoms with Gasteiger partial charge < -0.3 is 24.0 Å². The second kappa shape index (κ2) is 10.5. The summed E-state index contributed by atoms with van der Waals surface area (Å²) in [5.74, 6) is 1.89. The molecule has 1 fully saturated rings. The maximum atomic E-state index is 12.4. The lowest BCUT2D eigenvalue weighted by atomic mass is 10.2. The Morgan fingerprint density at radius 2 is 1.07 bits per heavy atom. The molecule has 3 rings (SSSR count). The Kier molecular flexibility index (Phi) is 7.54. The number of nitrogens with zero attached hydrogens (tertiary/aromatic N) is 2. The minimum absolute atomic E-state index is 0.00212. The van der Waals surface area contributed by atoms with Gasteiger partial charge in [-0.05, 0) is 50.2 Å². The topological polar surface area (TPSA) is 68.3 Å². The van der Waals surface area contributed by atoms with Crippen LogP contribution in [0.3, 0.4) is 0 Å². The number of piperazine rings is 1. The van der Waals surface area contributed by atoms with Crippen molar-refractivity contribution in [3.05, 3.63) is 54.1 Å². The van der Waals surface area contributed by atoms with Gasteiger partial charge in [-0.3, -0.25) is 9.59 Å². The highest BCUT2D eigenvalue weighted by Crippen LogP contribution is 2.17. The molecule has 1 saturated heterocycles. The van der Waals surface area contributed by atoms with Crippen LogP contribution in [0.4, 0.5) is 0 Å². The van der Waals surface area contributed by atoms with Gasteiger partial charge in [-0.15, -0.1) is 0 Å². The van der Waals surface area contributed by atoms with Crippen LogP contribution in [0, 0.1) is 6.92 Å². The van der Waals surface area contributed by atoms with Crippen LogP contribution in [-0.4, -0.2) is 67.6 Å². The van der Waals surface area contributed by atoms with Crippen LogP contribution in [0.25, 0.3) is 0 Å². The molecule has 7 nitrogen and oxygen atoms in total. The summed E-state index contributed by atoms with van der Waals surface area (Å²) in [6.45, 7) is 6.45. The van der Waals surface area contributed by atoms with Crippen LogP contribution in [-0.2, 0) is 9.59 Å². The predicted octanol–water partition coefficient (Wildman–Crippen LogP) is 2.52. The quantitative estimate of drug-likeness (QED) is 0.667. The number of benzene rings is 2. The van der Waals surface area contributed by atoms with Crippen molar-refractivity contribution in [1.29, 1.82) is 0 Å². The molecule has 2 aromatic carbocycles. The van der Waals surface area contributed by atoms with E-state index < -0.39 is 0 Å². The van der Waals surface area contributed by atoms with Gasteiger partial charge in [0.15, 0.2) is 13.2 Å². The first kappa shape index (κ1) is 21.5. The molecule has 7 heteroatoms. The molecule has 2 aromatic rings. The van der Waals surface area contributed by atoms with Crippen molar-refractivity contribution in [2.75, 3.05) is 46.0 Å². The smallest absolute Gasteiger partial charge is 0.260 e. The molecule has 1 aliphatic heterocycles. The first-order chi connectivity index (χ1) is 14.5. The zero-order chi connectivity index (χ0) is 21.3. The summed E-state index contributed by atoms with van der Waals surface area (Å²) in [6.07, 6.45) is 0. The number of amides is 2. The second-order valence-electron chi connectivity index (χ2n) is 7.06. The van der Waals surface area contributed by atoms with Gasteiger partial charge in [-0.2, -0.15) is 0 Å². The van der Waals surface area contributed by atoms with Crippen molar-refractivity contribution in [2.24, 2.45) is 0 Å². The summed E-state index contributed by atoms with van der Waals surface area (Å²) in [7, 11) is 0. The molecule has 0 aromatic heterocycles. The fraction of sp³-hybridized carbons (Fsp3) is 0.391. The lowest BCUT2D eigenvalue weighted by Gasteiger charge is -2.34. The molecule has 1 heterocycles. The highest BCUT2D eigenvalue weighted by atomic mass is 16.5. The average Bonchev–Trinajstić information content (AvgIpc) is 2.78. The highest BCUT2D eigenvalue weighted by molar-refractivity contribution is 5.80. The minimum atomic E-state index is -0.0908. The lowest BCUT2D eigenvalue weighted by Crippen LogP contribution is -2.52. The van der Waals surface area contributed by atoms with Gasteiger partial charge in [-0.25, -0.2) is 0 Å². The van der Waals surface area contributed by atoms with E-state index in [4.69, 9.17) is 14.2 Å². The number of rotatable bonds is 8. The summed E-state index contributed by atoms with van der Waals surface area (Å²) >= 11 is 0. The normalized spacial score (nSPS) is 13.7. The van der Waals surface area contributed by atoms with Gasteiger partial charge in [0.25, 0.3) is 11.8 Å². The first-order valence-electron chi connectivity index (χ1n) is 10.2. The Balaban J connectivity index is 1.38. The maximum absolute atomic E-state index is 12.4. The molecule has 0 saturated carbocycles. The largest absolute Gasteiger partial charge is 0.494 e. The standard InChI is InChI=1S/C23H28N2O5/c1-3-28-19-8-10-21(11-9-19)30-17-23(27)25-14-12-24(13-15-25)22(26)16-29-20-6-4-18(2)5-7-20/h4-11H,3,12-17H2,1-2H3. The Labute approximate surface area is 177 Å². The third kappa shape index (κ3) is 6.14. The van der Waals surface area contributed by atoms with Gasteiger partial charge in [-0.1, -0.05) is 17.7 Å². The summed E-state index contributed by atoms with van der Waals surface area (Å²) in [6, 6.07) is 14.8. The molecular weight excluding hydrogens is 384 g/mol. The van der Waals surface area contributed by atoms with Crippen molar-refractivity contribution in [1.82, 2.24) is 9.80 Å². The average molecular weight is 412 g/mol. The monoisotopic (exact) mass is 412 g/mol. The van der Waals surface area contributed by atoms with Gasteiger partial charge >= 0.3 is 0 Å². The number of carbonyl (C=O) groups is 2. The summed E-state index contributed by atoms with van der Waals surface area (Å²) in [4.78, 5) is 28.2. The van der Waals surface area contributed by atoms with Crippen LogP contribution >= 0.6 is 0 Å². The molecule has 0 spiro atoms. The molecule has 0 bridgehead atoms. The van der Waals surface area contributed by atoms with Crippen molar-refractivity contribution < 1.29 is 23.8 Å². The summed E-state index contributed by atoms with van der Waals surface area (Å²) in [5.41, 5.74) is 1.14. The van der Waals surface area contributed by atoms with E-state index in [1.165, 1.54) is 0 Å². The maximum Gasteiger partial charge on any atom is 0.260 e. The van der Waals surface area contributed by atoms with Crippen LogP contribution in [0.2, 0.25) is 0 Å². The van der Waals surface area contributed by atoms with Crippen molar-refractivity contribution in [3.8, 4) is 17.2 Å². The number of carbonyl (C=O) groups excluding carboxylic acids is 2. The van der Waals surface area contributed by atoms with Gasteiger partial charge in [0, 0.05) is 26.2 Å². The lowest BCUT2D eigenvalue weighted by molar-refractivity contribution is -0.141. The minimum Gasteiger partial charge on any atom is -0.494 e. The second-order valence-corrected chi connectivity index (χ2v) is 7.06. The SMILES string of the molecule is CCOc1ccc(OCC(=O)N2CCN(C(=O)COc3ccc(C)cc3)CC2)cc1. The fourth-order valence-corrected chi connectivity index (χ4v) is 3.11. The van der Waals surface area contributed by atoms with E-state index in [1.54, 1.807) is 21.9 Å². The van der Waals surface area contributed by atoms with E-state index in [9.17, 15) is 9.59 Å². The Bertz CT molecular complexity index is 828. The first-order valence-corrected chi connectivity index (χ1v) is 10.2. The van der Waals surface area contributed by atoms with E-state index in [0.717, 1.165) is 11.3 Å². The molecule has 0 aliphatic carbocycles. The zero-order valence-corrected chi connectivity index (χ0v) is 17.5. The Hall–Kier alpha value is -3.22. The van der Waals surface area contributed by atoms with Crippen LogP contribution in [0.15, 0.2) is 48.5 Å². The number of aryl methyl sites for hydroxylation is 1. The third-order valence-electron chi connectivity index (χ3n) is 4.87. The molecule has 0 N–H and O–H groups in total. The van der Waals surface area contributed by atoms with E-state index in [1.807, 2.05) is 50.2 Å². The number of ether oxygens (including phenoxy) is 3. The molecule has 30 heavy (non-hydrogen) atoms. The molecule has 1 aliphatic rings. The number of hydrogen-bond acceptors (Lipinski definition) is 5. The molecule has 0 radical (unpaired) electrons. The zero-order valence-electron chi connectivity index (χ0n) is 17.5. The molecule has 160 valence electrons. The van der Waals surface area contributed by atoms with E-state index >= 15 is 0 Å². The van der Waals surface area contributed by atoms with E-state index in [0.29, 0.717) is 44.3 Å². The van der Waals surface area contributed by atoms with Crippen molar-refractivity contribution in [2.45, 2.75) is 13.8 Å². The fourth-order valence-electron chi connectivity index (χ4n) is 3.11. The third-order valence-corrected chi connectivity index (χ3v) is 4.87.